The molecule has 0 saturated carbocycles. The summed E-state index contributed by atoms with van der Waals surface area (Å²) in [6.45, 7) is 4.34. The van der Waals surface area contributed by atoms with Gasteiger partial charge in [0.1, 0.15) is 7.11 Å². The smallest absolute Gasteiger partial charge is 0.106 e. The fraction of sp³-hybridized carbons (Fsp3) is 0.950. The first kappa shape index (κ1) is 21.5. The van der Waals surface area contributed by atoms with E-state index in [4.69, 9.17) is 4.84 Å². The maximum Gasteiger partial charge on any atom is 0.106 e. The zero-order chi connectivity index (χ0) is 16.3. The van der Waals surface area contributed by atoms with Gasteiger partial charge in [-0.1, -0.05) is 102 Å². The first-order valence-corrected chi connectivity index (χ1v) is 9.88. The van der Waals surface area contributed by atoms with E-state index in [9.17, 15) is 0 Å². The molecule has 0 saturated heterocycles. The highest BCUT2D eigenvalue weighted by atomic mass is 16.6. The molecule has 0 radical (unpaired) electrons. The Morgan fingerprint density at radius 3 is 1.36 bits per heavy atom. The Labute approximate surface area is 140 Å². The largest absolute Gasteiger partial charge is 0.399 e. The zero-order valence-electron chi connectivity index (χ0n) is 15.7. The normalized spacial score (nSPS) is 11.9. The van der Waals surface area contributed by atoms with Gasteiger partial charge in [0.2, 0.25) is 0 Å². The standard InChI is InChI=1S/C20H41NO/c1-4-5-6-7-8-9-10-11-12-13-14-15-16-17-18-19-20(2)21-22-3/h4-19H2,1-3H3/b21-20+. The van der Waals surface area contributed by atoms with E-state index in [-0.39, 0.29) is 0 Å². The third-order valence-electron chi connectivity index (χ3n) is 4.39. The highest BCUT2D eigenvalue weighted by Crippen LogP contribution is 2.13. The molecule has 0 amide bonds. The molecule has 0 aromatic rings. The molecular formula is C20H41NO. The summed E-state index contributed by atoms with van der Waals surface area (Å²) < 4.78 is 0. The van der Waals surface area contributed by atoms with Gasteiger partial charge in [-0.2, -0.15) is 0 Å². The van der Waals surface area contributed by atoms with Gasteiger partial charge in [0.15, 0.2) is 0 Å². The second kappa shape index (κ2) is 18.5. The third-order valence-corrected chi connectivity index (χ3v) is 4.39. The van der Waals surface area contributed by atoms with Crippen LogP contribution in [0.25, 0.3) is 0 Å². The molecule has 22 heavy (non-hydrogen) atoms. The molecule has 0 unspecified atom stereocenters. The van der Waals surface area contributed by atoms with Gasteiger partial charge in [-0.05, 0) is 19.8 Å². The average Bonchev–Trinajstić information content (AvgIpc) is 2.51. The van der Waals surface area contributed by atoms with Crippen molar-refractivity contribution in [3.8, 4) is 0 Å². The molecule has 0 aliphatic carbocycles. The van der Waals surface area contributed by atoms with Crippen molar-refractivity contribution in [3.05, 3.63) is 0 Å². The summed E-state index contributed by atoms with van der Waals surface area (Å²) in [4.78, 5) is 4.77. The zero-order valence-corrected chi connectivity index (χ0v) is 15.7. The maximum atomic E-state index is 4.77. The van der Waals surface area contributed by atoms with Gasteiger partial charge < -0.3 is 4.84 Å². The number of hydrogen-bond acceptors (Lipinski definition) is 2. The molecular weight excluding hydrogens is 270 g/mol. The molecule has 2 heteroatoms. The molecule has 0 aromatic heterocycles. The Morgan fingerprint density at radius 1 is 0.636 bits per heavy atom. The van der Waals surface area contributed by atoms with Crippen LogP contribution in [0.2, 0.25) is 0 Å². The quantitative estimate of drug-likeness (QED) is 0.157. The Balaban J connectivity index is 3.04. The summed E-state index contributed by atoms with van der Waals surface area (Å²) in [5.41, 5.74) is 1.12. The van der Waals surface area contributed by atoms with Crippen LogP contribution in [0.3, 0.4) is 0 Å². The predicted octanol–water partition coefficient (Wildman–Crippen LogP) is 7.27. The van der Waals surface area contributed by atoms with Crippen LogP contribution in [0, 0.1) is 0 Å². The second-order valence-electron chi connectivity index (χ2n) is 6.71. The van der Waals surface area contributed by atoms with Gasteiger partial charge >= 0.3 is 0 Å². The lowest BCUT2D eigenvalue weighted by Crippen LogP contribution is -1.92. The minimum Gasteiger partial charge on any atom is -0.399 e. The van der Waals surface area contributed by atoms with Gasteiger partial charge in [-0.15, -0.1) is 0 Å². The predicted molar refractivity (Wildman–Crippen MR) is 99.7 cm³/mol. The lowest BCUT2D eigenvalue weighted by Gasteiger charge is -2.03. The van der Waals surface area contributed by atoms with E-state index >= 15 is 0 Å². The maximum absolute atomic E-state index is 4.77. The SMILES string of the molecule is CCCCCCCCCCCCCCCCC/C(C)=N/OC. The summed E-state index contributed by atoms with van der Waals surface area (Å²) in [6, 6.07) is 0. The van der Waals surface area contributed by atoms with Gasteiger partial charge in [-0.3, -0.25) is 0 Å². The van der Waals surface area contributed by atoms with Crippen LogP contribution in [-0.2, 0) is 4.84 Å². The van der Waals surface area contributed by atoms with Gasteiger partial charge in [0, 0.05) is 0 Å². The average molecular weight is 312 g/mol. The van der Waals surface area contributed by atoms with Crippen molar-refractivity contribution in [3.63, 3.8) is 0 Å². The van der Waals surface area contributed by atoms with Gasteiger partial charge in [0.25, 0.3) is 0 Å². The Hall–Kier alpha value is -0.530. The minimum atomic E-state index is 1.09. The highest BCUT2D eigenvalue weighted by Gasteiger charge is 1.95. The molecule has 0 atom stereocenters. The highest BCUT2D eigenvalue weighted by molar-refractivity contribution is 5.81. The van der Waals surface area contributed by atoms with Gasteiger partial charge in [0.05, 0.1) is 5.71 Å². The molecule has 0 aliphatic rings. The monoisotopic (exact) mass is 311 g/mol. The van der Waals surface area contributed by atoms with Crippen molar-refractivity contribution < 1.29 is 4.84 Å². The first-order valence-electron chi connectivity index (χ1n) is 9.88. The van der Waals surface area contributed by atoms with E-state index in [2.05, 4.69) is 12.1 Å². The Morgan fingerprint density at radius 2 is 1.00 bits per heavy atom. The summed E-state index contributed by atoms with van der Waals surface area (Å²) in [6.07, 6.45) is 22.4. The summed E-state index contributed by atoms with van der Waals surface area (Å²) >= 11 is 0. The van der Waals surface area contributed by atoms with Crippen molar-refractivity contribution >= 4 is 5.71 Å². The summed E-state index contributed by atoms with van der Waals surface area (Å²) in [5, 5.41) is 3.94. The fourth-order valence-corrected chi connectivity index (χ4v) is 2.95. The molecule has 0 aliphatic heterocycles. The molecule has 0 bridgehead atoms. The minimum absolute atomic E-state index is 1.09. The number of unbranched alkanes of at least 4 members (excludes halogenated alkanes) is 14. The molecule has 0 heterocycles. The fourth-order valence-electron chi connectivity index (χ4n) is 2.95. The van der Waals surface area contributed by atoms with E-state index < -0.39 is 0 Å². The van der Waals surface area contributed by atoms with Crippen molar-refractivity contribution in [1.82, 2.24) is 0 Å². The second-order valence-corrected chi connectivity index (χ2v) is 6.71. The summed E-state index contributed by atoms with van der Waals surface area (Å²) in [7, 11) is 1.62. The Kier molecular flexibility index (Phi) is 18.1. The van der Waals surface area contributed by atoms with Crippen LogP contribution >= 0.6 is 0 Å². The van der Waals surface area contributed by atoms with E-state index in [0.29, 0.717) is 0 Å². The molecule has 132 valence electrons. The van der Waals surface area contributed by atoms with E-state index in [1.54, 1.807) is 7.11 Å². The van der Waals surface area contributed by atoms with E-state index in [0.717, 1.165) is 12.1 Å². The lowest BCUT2D eigenvalue weighted by molar-refractivity contribution is 0.212. The topological polar surface area (TPSA) is 21.6 Å². The summed E-state index contributed by atoms with van der Waals surface area (Å²) in [5.74, 6) is 0. The van der Waals surface area contributed by atoms with Crippen LogP contribution in [-0.4, -0.2) is 12.8 Å². The van der Waals surface area contributed by atoms with Crippen molar-refractivity contribution in [2.24, 2.45) is 5.16 Å². The third kappa shape index (κ3) is 17.5. The molecule has 0 spiro atoms. The molecule has 0 N–H and O–H groups in total. The van der Waals surface area contributed by atoms with Crippen LogP contribution in [0.5, 0.6) is 0 Å². The van der Waals surface area contributed by atoms with E-state index in [1.165, 1.54) is 96.3 Å². The molecule has 2 nitrogen and oxygen atoms in total. The van der Waals surface area contributed by atoms with Crippen molar-refractivity contribution in [1.29, 1.82) is 0 Å². The van der Waals surface area contributed by atoms with Gasteiger partial charge in [-0.25, -0.2) is 0 Å². The van der Waals surface area contributed by atoms with Crippen LogP contribution in [0.1, 0.15) is 117 Å². The van der Waals surface area contributed by atoms with Crippen molar-refractivity contribution in [2.75, 3.05) is 7.11 Å². The first-order chi connectivity index (χ1) is 10.8. The molecule has 0 fully saturated rings. The van der Waals surface area contributed by atoms with Crippen LogP contribution in [0.15, 0.2) is 5.16 Å². The molecule has 0 aromatic carbocycles. The Bertz CT molecular complexity index is 238. The number of hydrogen-bond donors (Lipinski definition) is 0. The van der Waals surface area contributed by atoms with Crippen LogP contribution in [0.4, 0.5) is 0 Å². The van der Waals surface area contributed by atoms with Crippen LogP contribution < -0.4 is 0 Å². The van der Waals surface area contributed by atoms with Crippen molar-refractivity contribution in [2.45, 2.75) is 117 Å². The lowest BCUT2D eigenvalue weighted by atomic mass is 10.0. The number of oxime groups is 1. The number of rotatable bonds is 17. The molecule has 0 rings (SSSR count). The van der Waals surface area contributed by atoms with E-state index in [1.807, 2.05) is 6.92 Å². The number of nitrogens with zero attached hydrogens (tertiary/aromatic N) is 1.